The van der Waals surface area contributed by atoms with Gasteiger partial charge in [-0.15, -0.1) is 0 Å². The highest BCUT2D eigenvalue weighted by Crippen LogP contribution is 2.45. The SMILES string of the molecule is Fc1cc(OC(F)(F)c2c(F)cc(C3CCC(C4CCC4)CC3)cc2F)cc(F)c1F. The van der Waals surface area contributed by atoms with Gasteiger partial charge in [0.1, 0.15) is 22.9 Å². The third kappa shape index (κ3) is 4.39. The zero-order valence-electron chi connectivity index (χ0n) is 16.5. The Morgan fingerprint density at radius 3 is 1.68 bits per heavy atom. The molecule has 0 spiro atoms. The van der Waals surface area contributed by atoms with E-state index in [0.717, 1.165) is 43.7 Å². The van der Waals surface area contributed by atoms with Gasteiger partial charge in [-0.05, 0) is 61.1 Å². The lowest BCUT2D eigenvalue weighted by molar-refractivity contribution is -0.189. The van der Waals surface area contributed by atoms with Gasteiger partial charge in [0, 0.05) is 12.1 Å². The molecule has 0 amide bonds. The summed E-state index contributed by atoms with van der Waals surface area (Å²) in [5, 5.41) is 0. The molecular formula is C23H21F7O. The number of alkyl halides is 2. The molecule has 1 nitrogen and oxygen atoms in total. The van der Waals surface area contributed by atoms with E-state index in [-0.39, 0.29) is 18.1 Å². The normalized spacial score (nSPS) is 22.3. The van der Waals surface area contributed by atoms with Gasteiger partial charge >= 0.3 is 6.11 Å². The van der Waals surface area contributed by atoms with Crippen molar-refractivity contribution in [2.75, 3.05) is 0 Å². The molecule has 2 aromatic carbocycles. The predicted molar refractivity (Wildman–Crippen MR) is 99.2 cm³/mol. The number of hydrogen-bond acceptors (Lipinski definition) is 1. The smallest absolute Gasteiger partial charge is 0.429 e. The van der Waals surface area contributed by atoms with Gasteiger partial charge in [0.05, 0.1) is 0 Å². The molecule has 2 aliphatic rings. The molecule has 0 bridgehead atoms. The molecule has 0 radical (unpaired) electrons. The third-order valence-corrected chi connectivity index (χ3v) is 6.62. The van der Waals surface area contributed by atoms with Crippen molar-refractivity contribution in [2.24, 2.45) is 11.8 Å². The zero-order valence-corrected chi connectivity index (χ0v) is 16.5. The van der Waals surface area contributed by atoms with Crippen molar-refractivity contribution in [1.29, 1.82) is 0 Å². The summed E-state index contributed by atoms with van der Waals surface area (Å²) in [5.74, 6) is -8.29. The highest BCUT2D eigenvalue weighted by Gasteiger charge is 2.42. The summed E-state index contributed by atoms with van der Waals surface area (Å²) in [4.78, 5) is 0. The average molecular weight is 446 g/mol. The van der Waals surface area contributed by atoms with Crippen LogP contribution in [0.2, 0.25) is 0 Å². The van der Waals surface area contributed by atoms with E-state index in [9.17, 15) is 30.7 Å². The zero-order chi connectivity index (χ0) is 22.3. The van der Waals surface area contributed by atoms with Crippen LogP contribution in [0.5, 0.6) is 5.75 Å². The first-order valence-electron chi connectivity index (χ1n) is 10.4. The van der Waals surface area contributed by atoms with Gasteiger partial charge in [0.25, 0.3) is 0 Å². The molecule has 0 unspecified atom stereocenters. The molecular weight excluding hydrogens is 425 g/mol. The maximum Gasteiger partial charge on any atom is 0.432 e. The van der Waals surface area contributed by atoms with Crippen LogP contribution in [-0.4, -0.2) is 0 Å². The van der Waals surface area contributed by atoms with Crippen LogP contribution in [0.3, 0.4) is 0 Å². The van der Waals surface area contributed by atoms with Crippen molar-refractivity contribution in [3.05, 3.63) is 64.5 Å². The van der Waals surface area contributed by atoms with Crippen molar-refractivity contribution in [3.63, 3.8) is 0 Å². The van der Waals surface area contributed by atoms with Gasteiger partial charge in [0.2, 0.25) is 0 Å². The van der Waals surface area contributed by atoms with E-state index in [2.05, 4.69) is 4.74 Å². The van der Waals surface area contributed by atoms with E-state index < -0.39 is 46.5 Å². The van der Waals surface area contributed by atoms with Gasteiger partial charge in [-0.25, -0.2) is 22.0 Å². The second kappa shape index (κ2) is 8.36. The molecule has 4 rings (SSSR count). The van der Waals surface area contributed by atoms with Crippen LogP contribution in [0.4, 0.5) is 30.7 Å². The standard InChI is InChI=1S/C23H21F7O/c24-17-8-15(14-6-4-13(5-7-14)12-2-1-3-12)9-18(25)21(17)23(29,30)31-16-10-19(26)22(28)20(27)11-16/h8-14H,1-7H2. The van der Waals surface area contributed by atoms with Crippen LogP contribution in [0.15, 0.2) is 24.3 Å². The molecule has 2 aliphatic carbocycles. The second-order valence-electron chi connectivity index (χ2n) is 8.48. The van der Waals surface area contributed by atoms with Crippen LogP contribution < -0.4 is 4.74 Å². The Morgan fingerprint density at radius 1 is 0.677 bits per heavy atom. The van der Waals surface area contributed by atoms with E-state index in [1.165, 1.54) is 19.3 Å². The quantitative estimate of drug-likeness (QED) is 0.340. The first-order chi connectivity index (χ1) is 14.7. The van der Waals surface area contributed by atoms with Crippen molar-refractivity contribution >= 4 is 0 Å². The van der Waals surface area contributed by atoms with Crippen molar-refractivity contribution < 1.29 is 35.5 Å². The Hall–Kier alpha value is -2.25. The second-order valence-corrected chi connectivity index (χ2v) is 8.48. The molecule has 0 N–H and O–H groups in total. The molecule has 2 fully saturated rings. The van der Waals surface area contributed by atoms with Gasteiger partial charge in [0.15, 0.2) is 17.5 Å². The van der Waals surface area contributed by atoms with Crippen molar-refractivity contribution in [3.8, 4) is 5.75 Å². The molecule has 2 saturated carbocycles. The average Bonchev–Trinajstić information content (AvgIpc) is 2.64. The van der Waals surface area contributed by atoms with Crippen molar-refractivity contribution in [1.82, 2.24) is 0 Å². The number of rotatable bonds is 5. The predicted octanol–water partition coefficient (Wildman–Crippen LogP) is 7.58. The lowest BCUT2D eigenvalue weighted by atomic mass is 9.67. The van der Waals surface area contributed by atoms with Crippen LogP contribution in [-0.2, 0) is 6.11 Å². The summed E-state index contributed by atoms with van der Waals surface area (Å²) in [6.07, 6.45) is 2.50. The summed E-state index contributed by atoms with van der Waals surface area (Å²) >= 11 is 0. The maximum atomic E-state index is 14.5. The summed E-state index contributed by atoms with van der Waals surface area (Å²) in [7, 11) is 0. The van der Waals surface area contributed by atoms with Gasteiger partial charge in [-0.1, -0.05) is 19.3 Å². The molecule has 2 aromatic rings. The number of halogens is 7. The number of benzene rings is 2. The molecule has 0 heterocycles. The molecule has 0 aliphatic heterocycles. The molecule has 8 heteroatoms. The largest absolute Gasteiger partial charge is 0.432 e. The lowest BCUT2D eigenvalue weighted by Crippen LogP contribution is -2.27. The summed E-state index contributed by atoms with van der Waals surface area (Å²) in [6.45, 7) is 0. The summed E-state index contributed by atoms with van der Waals surface area (Å²) in [6, 6.07) is 2.10. The van der Waals surface area contributed by atoms with Crippen LogP contribution in [0.25, 0.3) is 0 Å². The van der Waals surface area contributed by atoms with E-state index in [4.69, 9.17) is 0 Å². The Bertz CT molecular complexity index is 916. The van der Waals surface area contributed by atoms with Crippen molar-refractivity contribution in [2.45, 2.75) is 57.0 Å². The minimum Gasteiger partial charge on any atom is -0.429 e. The van der Waals surface area contributed by atoms with E-state index in [0.29, 0.717) is 11.5 Å². The Balaban J connectivity index is 1.52. The number of ether oxygens (including phenoxy) is 1. The molecule has 0 saturated heterocycles. The Labute approximate surface area is 175 Å². The number of hydrogen-bond donors (Lipinski definition) is 0. The first kappa shape index (κ1) is 22.0. The first-order valence-corrected chi connectivity index (χ1v) is 10.4. The van der Waals surface area contributed by atoms with Gasteiger partial charge in [-0.3, -0.25) is 0 Å². The monoisotopic (exact) mass is 446 g/mol. The van der Waals surface area contributed by atoms with Crippen LogP contribution in [0.1, 0.15) is 62.0 Å². The van der Waals surface area contributed by atoms with E-state index >= 15 is 0 Å². The van der Waals surface area contributed by atoms with E-state index in [1.54, 1.807) is 0 Å². The topological polar surface area (TPSA) is 9.23 Å². The highest BCUT2D eigenvalue weighted by atomic mass is 19.3. The summed E-state index contributed by atoms with van der Waals surface area (Å²) < 4.78 is 102. The summed E-state index contributed by atoms with van der Waals surface area (Å²) in [5.41, 5.74) is -1.36. The van der Waals surface area contributed by atoms with Gasteiger partial charge in [-0.2, -0.15) is 8.78 Å². The highest BCUT2D eigenvalue weighted by molar-refractivity contribution is 5.33. The molecule has 0 aromatic heterocycles. The maximum absolute atomic E-state index is 14.5. The third-order valence-electron chi connectivity index (χ3n) is 6.62. The van der Waals surface area contributed by atoms with Crippen LogP contribution >= 0.6 is 0 Å². The fraction of sp³-hybridized carbons (Fsp3) is 0.478. The Kier molecular flexibility index (Phi) is 5.92. The van der Waals surface area contributed by atoms with Gasteiger partial charge < -0.3 is 4.74 Å². The molecule has 0 atom stereocenters. The minimum absolute atomic E-state index is 0.121. The fourth-order valence-electron chi connectivity index (χ4n) is 4.73. The minimum atomic E-state index is -4.56. The Morgan fingerprint density at radius 2 is 1.19 bits per heavy atom. The fourth-order valence-corrected chi connectivity index (χ4v) is 4.73. The lowest BCUT2D eigenvalue weighted by Gasteiger charge is -2.38. The van der Waals surface area contributed by atoms with Crippen LogP contribution in [0, 0.1) is 40.9 Å². The molecule has 31 heavy (non-hydrogen) atoms. The van der Waals surface area contributed by atoms with E-state index in [1.807, 2.05) is 0 Å². The molecule has 168 valence electrons.